The first-order valence-electron chi connectivity index (χ1n) is 6.26. The molecule has 5 heteroatoms. The minimum absolute atomic E-state index is 0.0262. The average molecular weight is 321 g/mol. The van der Waals surface area contributed by atoms with Crippen molar-refractivity contribution in [3.8, 4) is 0 Å². The van der Waals surface area contributed by atoms with Crippen LogP contribution < -0.4 is 11.1 Å². The lowest BCUT2D eigenvalue weighted by molar-refractivity contribution is 0.586. The second-order valence-electron chi connectivity index (χ2n) is 4.29. The second kappa shape index (κ2) is 6.63. The fourth-order valence-corrected chi connectivity index (χ4v) is 2.11. The number of nitrogen functional groups attached to an aromatic ring is 1. The molecule has 2 aromatic heterocycles. The number of anilines is 1. The zero-order valence-electron chi connectivity index (χ0n) is 10.8. The van der Waals surface area contributed by atoms with Gasteiger partial charge in [-0.3, -0.25) is 9.97 Å². The van der Waals surface area contributed by atoms with Gasteiger partial charge in [-0.15, -0.1) is 0 Å². The molecular weight excluding hydrogens is 304 g/mol. The minimum atomic E-state index is -0.0262. The number of nitrogens with zero attached hydrogens (tertiary/aromatic N) is 2. The number of pyridine rings is 2. The Morgan fingerprint density at radius 1 is 1.32 bits per heavy atom. The smallest absolute Gasteiger partial charge is 0.0786 e. The first-order chi connectivity index (χ1) is 9.22. The summed E-state index contributed by atoms with van der Waals surface area (Å²) in [4.78, 5) is 8.62. The summed E-state index contributed by atoms with van der Waals surface area (Å²) in [5.74, 6) is 0. The number of aromatic nitrogens is 2. The highest BCUT2D eigenvalue weighted by Gasteiger charge is 2.17. The Kier molecular flexibility index (Phi) is 4.87. The van der Waals surface area contributed by atoms with E-state index < -0.39 is 0 Å². The fraction of sp³-hybridized carbons (Fsp3) is 0.286. The molecule has 19 heavy (non-hydrogen) atoms. The van der Waals surface area contributed by atoms with Gasteiger partial charge in [-0.2, -0.15) is 0 Å². The SMILES string of the molecule is CCCNC(c1ccc(Br)cn1)c1cnccc1N. The van der Waals surface area contributed by atoms with Gasteiger partial charge in [0.25, 0.3) is 0 Å². The van der Waals surface area contributed by atoms with Gasteiger partial charge in [0.15, 0.2) is 0 Å². The van der Waals surface area contributed by atoms with Gasteiger partial charge in [0.1, 0.15) is 0 Å². The summed E-state index contributed by atoms with van der Waals surface area (Å²) in [7, 11) is 0. The number of nitrogens with one attached hydrogen (secondary N) is 1. The lowest BCUT2D eigenvalue weighted by atomic mass is 10.0. The molecule has 2 aromatic rings. The molecule has 1 atom stereocenters. The van der Waals surface area contributed by atoms with Gasteiger partial charge in [-0.05, 0) is 47.1 Å². The highest BCUT2D eigenvalue weighted by atomic mass is 79.9. The van der Waals surface area contributed by atoms with Crippen LogP contribution in [0.1, 0.15) is 30.6 Å². The highest BCUT2D eigenvalue weighted by Crippen LogP contribution is 2.25. The zero-order valence-corrected chi connectivity index (χ0v) is 12.4. The Labute approximate surface area is 121 Å². The summed E-state index contributed by atoms with van der Waals surface area (Å²) in [6, 6.07) is 5.76. The number of hydrogen-bond acceptors (Lipinski definition) is 4. The molecule has 0 radical (unpaired) electrons. The second-order valence-corrected chi connectivity index (χ2v) is 5.21. The summed E-state index contributed by atoms with van der Waals surface area (Å²) < 4.78 is 0.963. The van der Waals surface area contributed by atoms with Crippen molar-refractivity contribution < 1.29 is 0 Å². The maximum absolute atomic E-state index is 6.04. The van der Waals surface area contributed by atoms with Crippen molar-refractivity contribution in [2.45, 2.75) is 19.4 Å². The van der Waals surface area contributed by atoms with Crippen molar-refractivity contribution in [2.24, 2.45) is 0 Å². The molecular formula is C14H17BrN4. The molecule has 0 bridgehead atoms. The van der Waals surface area contributed by atoms with Crippen molar-refractivity contribution in [2.75, 3.05) is 12.3 Å². The van der Waals surface area contributed by atoms with E-state index in [0.29, 0.717) is 0 Å². The van der Waals surface area contributed by atoms with Crippen LogP contribution in [0.2, 0.25) is 0 Å². The van der Waals surface area contributed by atoms with Gasteiger partial charge in [-0.1, -0.05) is 6.92 Å². The zero-order chi connectivity index (χ0) is 13.7. The van der Waals surface area contributed by atoms with Crippen molar-refractivity contribution in [3.05, 3.63) is 52.5 Å². The number of rotatable bonds is 5. The van der Waals surface area contributed by atoms with Gasteiger partial charge in [0, 0.05) is 34.3 Å². The predicted octanol–water partition coefficient (Wildman–Crippen LogP) is 2.91. The highest BCUT2D eigenvalue weighted by molar-refractivity contribution is 9.10. The van der Waals surface area contributed by atoms with Gasteiger partial charge in [-0.25, -0.2) is 0 Å². The van der Waals surface area contributed by atoms with E-state index in [1.54, 1.807) is 18.6 Å². The fourth-order valence-electron chi connectivity index (χ4n) is 1.88. The molecule has 100 valence electrons. The Morgan fingerprint density at radius 3 is 2.79 bits per heavy atom. The number of halogens is 1. The molecule has 0 saturated heterocycles. The van der Waals surface area contributed by atoms with Gasteiger partial charge in [0.2, 0.25) is 0 Å². The van der Waals surface area contributed by atoms with Crippen LogP contribution in [0.5, 0.6) is 0 Å². The molecule has 0 aliphatic rings. The molecule has 4 nitrogen and oxygen atoms in total. The lowest BCUT2D eigenvalue weighted by Crippen LogP contribution is -2.25. The van der Waals surface area contributed by atoms with Crippen LogP contribution in [0, 0.1) is 0 Å². The molecule has 3 N–H and O–H groups in total. The standard InChI is InChI=1S/C14H17BrN4/c1-2-6-18-14(11-9-17-7-5-12(11)16)13-4-3-10(15)8-19-13/h3-5,7-9,14,18H,2,6H2,1H3,(H2,16,17). The van der Waals surface area contributed by atoms with E-state index in [2.05, 4.69) is 38.1 Å². The Hall–Kier alpha value is -1.46. The average Bonchev–Trinajstić information content (AvgIpc) is 2.43. The summed E-state index contributed by atoms with van der Waals surface area (Å²) in [6.45, 7) is 3.03. The van der Waals surface area contributed by atoms with Gasteiger partial charge in [0.05, 0.1) is 11.7 Å². The van der Waals surface area contributed by atoms with Crippen LogP contribution in [0.4, 0.5) is 5.69 Å². The third-order valence-electron chi connectivity index (χ3n) is 2.84. The van der Waals surface area contributed by atoms with E-state index in [4.69, 9.17) is 5.73 Å². The van der Waals surface area contributed by atoms with Crippen LogP contribution in [-0.4, -0.2) is 16.5 Å². The molecule has 1 unspecified atom stereocenters. The van der Waals surface area contributed by atoms with E-state index >= 15 is 0 Å². The number of hydrogen-bond donors (Lipinski definition) is 2. The Balaban J connectivity index is 2.35. The van der Waals surface area contributed by atoms with Crippen LogP contribution >= 0.6 is 15.9 Å². The van der Waals surface area contributed by atoms with Crippen molar-refractivity contribution in [1.82, 2.24) is 15.3 Å². The molecule has 0 saturated carbocycles. The molecule has 0 aromatic carbocycles. The summed E-state index contributed by atoms with van der Waals surface area (Å²) >= 11 is 3.40. The molecule has 0 spiro atoms. The molecule has 0 amide bonds. The molecule has 2 heterocycles. The largest absolute Gasteiger partial charge is 0.398 e. The molecule has 0 fully saturated rings. The third kappa shape index (κ3) is 3.52. The van der Waals surface area contributed by atoms with E-state index in [1.807, 2.05) is 18.2 Å². The monoisotopic (exact) mass is 320 g/mol. The van der Waals surface area contributed by atoms with Crippen LogP contribution in [-0.2, 0) is 0 Å². The summed E-state index contributed by atoms with van der Waals surface area (Å²) in [5, 5.41) is 3.46. The van der Waals surface area contributed by atoms with Crippen LogP contribution in [0.25, 0.3) is 0 Å². The van der Waals surface area contributed by atoms with Gasteiger partial charge >= 0.3 is 0 Å². The maximum atomic E-state index is 6.04. The van der Waals surface area contributed by atoms with Crippen LogP contribution in [0.3, 0.4) is 0 Å². The van der Waals surface area contributed by atoms with Crippen molar-refractivity contribution in [1.29, 1.82) is 0 Å². The Morgan fingerprint density at radius 2 is 2.16 bits per heavy atom. The topological polar surface area (TPSA) is 63.8 Å². The van der Waals surface area contributed by atoms with Crippen molar-refractivity contribution in [3.63, 3.8) is 0 Å². The first kappa shape index (κ1) is 14.0. The maximum Gasteiger partial charge on any atom is 0.0786 e. The van der Waals surface area contributed by atoms with E-state index in [9.17, 15) is 0 Å². The summed E-state index contributed by atoms with van der Waals surface area (Å²) in [5.41, 5.74) is 8.68. The van der Waals surface area contributed by atoms with E-state index in [0.717, 1.165) is 34.4 Å². The van der Waals surface area contributed by atoms with E-state index in [-0.39, 0.29) is 6.04 Å². The Bertz CT molecular complexity index is 527. The normalized spacial score (nSPS) is 12.3. The van der Waals surface area contributed by atoms with Crippen molar-refractivity contribution >= 4 is 21.6 Å². The molecule has 0 aliphatic carbocycles. The minimum Gasteiger partial charge on any atom is -0.398 e. The molecule has 2 rings (SSSR count). The quantitative estimate of drug-likeness (QED) is 0.889. The number of nitrogens with two attached hydrogens (primary N) is 1. The predicted molar refractivity (Wildman–Crippen MR) is 80.7 cm³/mol. The lowest BCUT2D eigenvalue weighted by Gasteiger charge is -2.19. The van der Waals surface area contributed by atoms with E-state index in [1.165, 1.54) is 0 Å². The van der Waals surface area contributed by atoms with Gasteiger partial charge < -0.3 is 11.1 Å². The third-order valence-corrected chi connectivity index (χ3v) is 3.31. The van der Waals surface area contributed by atoms with Crippen LogP contribution in [0.15, 0.2) is 41.3 Å². The molecule has 0 aliphatic heterocycles. The first-order valence-corrected chi connectivity index (χ1v) is 7.06. The summed E-state index contributed by atoms with van der Waals surface area (Å²) in [6.07, 6.45) is 6.34.